The Morgan fingerprint density at radius 2 is 1.95 bits per heavy atom. The van der Waals surface area contributed by atoms with E-state index in [9.17, 15) is 0 Å². The molecule has 0 aliphatic carbocycles. The van der Waals surface area contributed by atoms with Gasteiger partial charge in [-0.25, -0.2) is 0 Å². The number of hydrogen-bond acceptors (Lipinski definition) is 3. The molecule has 0 aromatic heterocycles. The Morgan fingerprint density at radius 3 is 2.58 bits per heavy atom. The third-order valence-corrected chi connectivity index (χ3v) is 4.88. The highest BCUT2D eigenvalue weighted by Crippen LogP contribution is 2.27. The number of nitrogens with one attached hydrogen (secondary N) is 1. The molecule has 2 atom stereocenters. The smallest absolute Gasteiger partial charge is 0.0612 e. The number of nitrogens with zero attached hydrogens (tertiary/aromatic N) is 1. The van der Waals surface area contributed by atoms with Gasteiger partial charge in [-0.1, -0.05) is 20.8 Å². The lowest BCUT2D eigenvalue weighted by Gasteiger charge is -2.42. The maximum atomic E-state index is 5.90. The van der Waals surface area contributed by atoms with Crippen molar-refractivity contribution in [1.29, 1.82) is 0 Å². The van der Waals surface area contributed by atoms with Gasteiger partial charge in [-0.2, -0.15) is 0 Å². The van der Waals surface area contributed by atoms with Crippen LogP contribution < -0.4 is 5.32 Å². The minimum absolute atomic E-state index is 0.484. The standard InChI is InChI=1S/C16H32N2O/c1-4-17-12-14-5-8-18(9-6-14)15-7-10-19-16(11-15)13(2)3/h13-17H,4-12H2,1-3H3. The lowest BCUT2D eigenvalue weighted by atomic mass is 9.90. The molecule has 2 fully saturated rings. The summed E-state index contributed by atoms with van der Waals surface area (Å²) in [6, 6.07) is 0.779. The Balaban J connectivity index is 1.74. The van der Waals surface area contributed by atoms with Gasteiger partial charge in [0.15, 0.2) is 0 Å². The molecule has 3 heteroatoms. The molecule has 3 nitrogen and oxygen atoms in total. The van der Waals surface area contributed by atoms with E-state index in [-0.39, 0.29) is 0 Å². The molecule has 0 radical (unpaired) electrons. The molecule has 112 valence electrons. The van der Waals surface area contributed by atoms with Crippen molar-refractivity contribution in [3.63, 3.8) is 0 Å². The van der Waals surface area contributed by atoms with Gasteiger partial charge < -0.3 is 15.0 Å². The molecular weight excluding hydrogens is 236 g/mol. The molecule has 2 saturated heterocycles. The number of rotatable bonds is 5. The van der Waals surface area contributed by atoms with Gasteiger partial charge in [0.1, 0.15) is 0 Å². The number of likely N-dealkylation sites (tertiary alicyclic amines) is 1. The van der Waals surface area contributed by atoms with E-state index in [1.54, 1.807) is 0 Å². The predicted molar refractivity (Wildman–Crippen MR) is 80.4 cm³/mol. The molecule has 19 heavy (non-hydrogen) atoms. The molecule has 2 unspecified atom stereocenters. The van der Waals surface area contributed by atoms with Gasteiger partial charge in [0.25, 0.3) is 0 Å². The maximum Gasteiger partial charge on any atom is 0.0612 e. The molecule has 0 spiro atoms. The first-order valence-electron chi connectivity index (χ1n) is 8.27. The molecule has 2 aliphatic rings. The number of hydrogen-bond donors (Lipinski definition) is 1. The van der Waals surface area contributed by atoms with Gasteiger partial charge in [0, 0.05) is 12.6 Å². The molecule has 2 rings (SSSR count). The van der Waals surface area contributed by atoms with Crippen LogP contribution in [0.25, 0.3) is 0 Å². The van der Waals surface area contributed by atoms with E-state index in [2.05, 4.69) is 31.0 Å². The largest absolute Gasteiger partial charge is 0.378 e. The van der Waals surface area contributed by atoms with Gasteiger partial charge in [-0.3, -0.25) is 0 Å². The van der Waals surface area contributed by atoms with Crippen LogP contribution in [0, 0.1) is 11.8 Å². The second kappa shape index (κ2) is 7.61. The maximum absolute atomic E-state index is 5.90. The molecule has 0 bridgehead atoms. The van der Waals surface area contributed by atoms with Crippen LogP contribution in [0.1, 0.15) is 46.5 Å². The Hall–Kier alpha value is -0.120. The SMILES string of the molecule is CCNCC1CCN(C2CCOC(C(C)C)C2)CC1. The van der Waals surface area contributed by atoms with Gasteiger partial charge in [-0.15, -0.1) is 0 Å². The van der Waals surface area contributed by atoms with Gasteiger partial charge >= 0.3 is 0 Å². The van der Waals surface area contributed by atoms with E-state index in [4.69, 9.17) is 4.74 Å². The Morgan fingerprint density at radius 1 is 1.21 bits per heavy atom. The van der Waals surface area contributed by atoms with Crippen LogP contribution in [-0.2, 0) is 4.74 Å². The summed E-state index contributed by atoms with van der Waals surface area (Å²) in [6.07, 6.45) is 5.71. The topological polar surface area (TPSA) is 24.5 Å². The van der Waals surface area contributed by atoms with E-state index < -0.39 is 0 Å². The number of piperidine rings is 1. The first-order valence-corrected chi connectivity index (χ1v) is 8.27. The molecule has 0 aromatic carbocycles. The van der Waals surface area contributed by atoms with Crippen molar-refractivity contribution in [3.05, 3.63) is 0 Å². The zero-order valence-electron chi connectivity index (χ0n) is 13.0. The second-order valence-corrected chi connectivity index (χ2v) is 6.62. The fourth-order valence-electron chi connectivity index (χ4n) is 3.48. The van der Waals surface area contributed by atoms with Crippen LogP contribution in [-0.4, -0.2) is 49.8 Å². The van der Waals surface area contributed by atoms with Crippen LogP contribution in [0.4, 0.5) is 0 Å². The fraction of sp³-hybridized carbons (Fsp3) is 1.00. The zero-order chi connectivity index (χ0) is 13.7. The summed E-state index contributed by atoms with van der Waals surface area (Å²) < 4.78 is 5.90. The zero-order valence-corrected chi connectivity index (χ0v) is 13.0. The van der Waals surface area contributed by atoms with Gasteiger partial charge in [0.2, 0.25) is 0 Å². The lowest BCUT2D eigenvalue weighted by molar-refractivity contribution is -0.0533. The average Bonchev–Trinajstić information content (AvgIpc) is 2.46. The minimum atomic E-state index is 0.484. The fourth-order valence-corrected chi connectivity index (χ4v) is 3.48. The predicted octanol–water partition coefficient (Wildman–Crippen LogP) is 2.51. The van der Waals surface area contributed by atoms with Crippen molar-refractivity contribution in [1.82, 2.24) is 10.2 Å². The van der Waals surface area contributed by atoms with E-state index in [0.717, 1.165) is 25.1 Å². The third-order valence-electron chi connectivity index (χ3n) is 4.88. The van der Waals surface area contributed by atoms with Crippen LogP contribution in [0.2, 0.25) is 0 Å². The molecule has 0 saturated carbocycles. The Kier molecular flexibility index (Phi) is 6.11. The van der Waals surface area contributed by atoms with Crippen LogP contribution in [0.5, 0.6) is 0 Å². The summed E-state index contributed by atoms with van der Waals surface area (Å²) in [5.74, 6) is 1.56. The monoisotopic (exact) mass is 268 g/mol. The number of ether oxygens (including phenoxy) is 1. The highest BCUT2D eigenvalue weighted by atomic mass is 16.5. The van der Waals surface area contributed by atoms with Crippen molar-refractivity contribution in [2.75, 3.05) is 32.8 Å². The highest BCUT2D eigenvalue weighted by Gasteiger charge is 2.31. The molecule has 1 N–H and O–H groups in total. The van der Waals surface area contributed by atoms with Crippen molar-refractivity contribution < 1.29 is 4.74 Å². The summed E-state index contributed by atoms with van der Waals surface area (Å²) in [5.41, 5.74) is 0. The quantitative estimate of drug-likeness (QED) is 0.829. The van der Waals surface area contributed by atoms with E-state index in [1.165, 1.54) is 45.3 Å². The molecule has 2 heterocycles. The second-order valence-electron chi connectivity index (χ2n) is 6.62. The molecule has 2 aliphatic heterocycles. The van der Waals surface area contributed by atoms with Crippen LogP contribution in [0.3, 0.4) is 0 Å². The molecule has 0 amide bonds. The first kappa shape index (κ1) is 15.3. The Labute approximate surface area is 119 Å². The molecular formula is C16H32N2O. The Bertz CT molecular complexity index is 249. The summed E-state index contributed by atoms with van der Waals surface area (Å²) in [5, 5.41) is 3.50. The van der Waals surface area contributed by atoms with E-state index in [0.29, 0.717) is 12.0 Å². The van der Waals surface area contributed by atoms with Crippen molar-refractivity contribution >= 4 is 0 Å². The van der Waals surface area contributed by atoms with Gasteiger partial charge in [-0.05, 0) is 63.7 Å². The van der Waals surface area contributed by atoms with Crippen LogP contribution >= 0.6 is 0 Å². The van der Waals surface area contributed by atoms with Crippen molar-refractivity contribution in [3.8, 4) is 0 Å². The minimum Gasteiger partial charge on any atom is -0.378 e. The summed E-state index contributed by atoms with van der Waals surface area (Å²) in [7, 11) is 0. The third kappa shape index (κ3) is 4.44. The highest BCUT2D eigenvalue weighted by molar-refractivity contribution is 4.84. The van der Waals surface area contributed by atoms with Crippen molar-refractivity contribution in [2.45, 2.75) is 58.6 Å². The van der Waals surface area contributed by atoms with E-state index >= 15 is 0 Å². The first-order chi connectivity index (χ1) is 9.20. The summed E-state index contributed by atoms with van der Waals surface area (Å²) in [6.45, 7) is 12.7. The van der Waals surface area contributed by atoms with Crippen LogP contribution in [0.15, 0.2) is 0 Å². The normalized spacial score (nSPS) is 30.9. The lowest BCUT2D eigenvalue weighted by Crippen LogP contribution is -2.47. The summed E-state index contributed by atoms with van der Waals surface area (Å²) in [4.78, 5) is 2.74. The van der Waals surface area contributed by atoms with E-state index in [1.807, 2.05) is 0 Å². The molecule has 0 aromatic rings. The van der Waals surface area contributed by atoms with Crippen molar-refractivity contribution in [2.24, 2.45) is 11.8 Å². The van der Waals surface area contributed by atoms with Gasteiger partial charge in [0.05, 0.1) is 6.10 Å². The summed E-state index contributed by atoms with van der Waals surface area (Å²) >= 11 is 0. The average molecular weight is 268 g/mol.